The van der Waals surface area contributed by atoms with Gasteiger partial charge in [-0.2, -0.15) is 0 Å². The fraction of sp³-hybridized carbons (Fsp3) is 0.705. The van der Waals surface area contributed by atoms with E-state index >= 15 is 0 Å². The highest BCUT2D eigenvalue weighted by Gasteiger charge is 2.34. The van der Waals surface area contributed by atoms with Crippen molar-refractivity contribution in [2.75, 3.05) is 98.2 Å². The quantitative estimate of drug-likeness (QED) is 0.0295. The maximum atomic E-state index is 14.0. The summed E-state index contributed by atoms with van der Waals surface area (Å²) in [6.45, 7) is -7.02. The molecule has 1 saturated heterocycles. The Morgan fingerprint density at radius 1 is 0.338 bits per heavy atom. The lowest BCUT2D eigenvalue weighted by Gasteiger charge is -2.33. The van der Waals surface area contributed by atoms with Crippen molar-refractivity contribution >= 4 is 77.4 Å². The highest BCUT2D eigenvalue weighted by atomic mass is 16.4. The van der Waals surface area contributed by atoms with Crippen LogP contribution in [0.15, 0.2) is 0 Å². The number of aliphatic carboxylic acids is 9. The van der Waals surface area contributed by atoms with Crippen molar-refractivity contribution in [2.24, 2.45) is 5.73 Å². The number of nitrogens with zero attached hydrogens (tertiary/aromatic N) is 7. The number of nitrogens with two attached hydrogens (primary N) is 1. The van der Waals surface area contributed by atoms with Gasteiger partial charge in [-0.1, -0.05) is 12.8 Å². The van der Waals surface area contributed by atoms with Crippen LogP contribution in [-0.2, 0) is 62.3 Å². The van der Waals surface area contributed by atoms with E-state index in [-0.39, 0.29) is 77.5 Å². The third-order valence-corrected chi connectivity index (χ3v) is 11.8. The highest BCUT2D eigenvalue weighted by molar-refractivity contribution is 5.83. The molecule has 30 nitrogen and oxygen atoms in total. The average molecular weight is 1060 g/mol. The molecule has 1 fully saturated rings. The van der Waals surface area contributed by atoms with Crippen LogP contribution in [0.25, 0.3) is 0 Å². The van der Waals surface area contributed by atoms with Gasteiger partial charge < -0.3 is 71.3 Å². The standard InChI is InChI=1S/C44H70N8O22/c45-14-4-2-1-3-7-32(53)46-15-5-16-48(34(55)12-9-30(43(71)72)51(25-38(61)62)26-39(63)64)21-22-49(35(56)13-10-31(44(73)74)52(27-40(65)66)28-41(67)68)18-6-17-47(20-19-46)33(54)11-8-29(42(69)70)50(23-36(57)58)24-37(59)60/h29-31H,1-28,45H2,(H,57,58)(H,59,60)(H,61,62)(H,63,64)(H,65,66)(H,67,68)(H,69,70)(H,71,72)(H,73,74). The molecular formula is C44H70N8O22. The summed E-state index contributed by atoms with van der Waals surface area (Å²) >= 11 is 0. The number of carbonyl (C=O) groups is 13. The number of unbranched alkanes of at least 4 members (excludes halogenated alkanes) is 3. The van der Waals surface area contributed by atoms with E-state index in [1.165, 1.54) is 19.6 Å². The Bertz CT molecular complexity index is 1920. The van der Waals surface area contributed by atoms with E-state index in [9.17, 15) is 108 Å². The van der Waals surface area contributed by atoms with Crippen molar-refractivity contribution in [3.05, 3.63) is 0 Å². The minimum absolute atomic E-state index is 0.0287. The number of carboxylic acids is 9. The van der Waals surface area contributed by atoms with Crippen LogP contribution in [0.4, 0.5) is 0 Å². The molecule has 0 saturated carbocycles. The highest BCUT2D eigenvalue weighted by Crippen LogP contribution is 2.16. The van der Waals surface area contributed by atoms with E-state index in [0.29, 0.717) is 34.1 Å². The molecule has 1 rings (SSSR count). The van der Waals surface area contributed by atoms with Crippen LogP contribution >= 0.6 is 0 Å². The summed E-state index contributed by atoms with van der Waals surface area (Å²) < 4.78 is 0. The van der Waals surface area contributed by atoms with Crippen LogP contribution < -0.4 is 5.73 Å². The minimum Gasteiger partial charge on any atom is -0.480 e. The first kappa shape index (κ1) is 65.0. The molecule has 0 bridgehead atoms. The molecule has 1 aliphatic heterocycles. The van der Waals surface area contributed by atoms with Crippen LogP contribution in [0, 0.1) is 0 Å². The Kier molecular flexibility index (Phi) is 30.2. The number of amides is 4. The van der Waals surface area contributed by atoms with Gasteiger partial charge in [0.25, 0.3) is 0 Å². The topological polar surface area (TPSA) is 453 Å². The zero-order valence-electron chi connectivity index (χ0n) is 41.1. The average Bonchev–Trinajstić information content (AvgIpc) is 3.27. The second-order valence-corrected chi connectivity index (χ2v) is 17.4. The Labute approximate surface area is 424 Å². The molecule has 418 valence electrons. The lowest BCUT2D eigenvalue weighted by atomic mass is 10.1. The van der Waals surface area contributed by atoms with Gasteiger partial charge in [0, 0.05) is 78.0 Å². The first-order valence-electron chi connectivity index (χ1n) is 23.8. The van der Waals surface area contributed by atoms with Gasteiger partial charge in [0.2, 0.25) is 23.6 Å². The molecule has 0 aromatic carbocycles. The number of hydrogen-bond donors (Lipinski definition) is 10. The number of carboxylic acid groups (broad SMARTS) is 9. The van der Waals surface area contributed by atoms with Crippen LogP contribution in [-0.4, -0.2) is 274 Å². The maximum absolute atomic E-state index is 14.0. The van der Waals surface area contributed by atoms with E-state index in [4.69, 9.17) is 5.73 Å². The Morgan fingerprint density at radius 3 is 0.784 bits per heavy atom. The summed E-state index contributed by atoms with van der Waals surface area (Å²) in [6.07, 6.45) is -0.761. The maximum Gasteiger partial charge on any atom is 0.320 e. The molecular weight excluding hydrogens is 993 g/mol. The van der Waals surface area contributed by atoms with Crippen molar-refractivity contribution < 1.29 is 108 Å². The summed E-state index contributed by atoms with van der Waals surface area (Å²) in [6, 6.07) is -5.27. The molecule has 0 aromatic heterocycles. The molecule has 30 heteroatoms. The van der Waals surface area contributed by atoms with E-state index in [0.717, 1.165) is 12.8 Å². The smallest absolute Gasteiger partial charge is 0.320 e. The fourth-order valence-corrected chi connectivity index (χ4v) is 8.28. The summed E-state index contributed by atoms with van der Waals surface area (Å²) in [5.41, 5.74) is 5.60. The lowest BCUT2D eigenvalue weighted by molar-refractivity contribution is -0.152. The van der Waals surface area contributed by atoms with Gasteiger partial charge in [-0.3, -0.25) is 77.0 Å². The SMILES string of the molecule is NCCCCCCC(=O)N1CCCN(C(=O)CCC(C(=O)O)N(CC(=O)O)CC(=O)O)CCN(C(=O)CCC(C(=O)O)N(CC(=O)O)CC(=O)O)CCCN(C(=O)CCC(C(=O)O)N(CC(=O)O)CC(=O)O)CC1. The van der Waals surface area contributed by atoms with Gasteiger partial charge >= 0.3 is 53.7 Å². The molecule has 1 heterocycles. The molecule has 0 radical (unpaired) electrons. The zero-order chi connectivity index (χ0) is 56.1. The van der Waals surface area contributed by atoms with Gasteiger partial charge in [-0.05, 0) is 51.5 Å². The predicted molar refractivity (Wildman–Crippen MR) is 250 cm³/mol. The van der Waals surface area contributed by atoms with Gasteiger partial charge in [0.15, 0.2) is 0 Å². The van der Waals surface area contributed by atoms with Crippen LogP contribution in [0.5, 0.6) is 0 Å². The summed E-state index contributed by atoms with van der Waals surface area (Å²) in [5.74, 6) is -16.6. The number of carbonyl (C=O) groups excluding carboxylic acids is 4. The van der Waals surface area contributed by atoms with Crippen molar-refractivity contribution in [1.29, 1.82) is 0 Å². The first-order chi connectivity index (χ1) is 34.8. The first-order valence-corrected chi connectivity index (χ1v) is 23.8. The molecule has 3 unspecified atom stereocenters. The van der Waals surface area contributed by atoms with Crippen molar-refractivity contribution in [3.8, 4) is 0 Å². The summed E-state index contributed by atoms with van der Waals surface area (Å²) in [4.78, 5) is 169. The lowest BCUT2D eigenvalue weighted by Crippen LogP contribution is -2.49. The second-order valence-electron chi connectivity index (χ2n) is 17.4. The zero-order valence-corrected chi connectivity index (χ0v) is 41.1. The molecule has 74 heavy (non-hydrogen) atoms. The van der Waals surface area contributed by atoms with Gasteiger partial charge in [-0.25, -0.2) is 0 Å². The largest absolute Gasteiger partial charge is 0.480 e. The van der Waals surface area contributed by atoms with E-state index < -0.39 is 167 Å². The molecule has 1 aliphatic rings. The fourth-order valence-electron chi connectivity index (χ4n) is 8.28. The van der Waals surface area contributed by atoms with E-state index in [1.807, 2.05) is 0 Å². The Balaban J connectivity index is 3.75. The normalized spacial score (nSPS) is 15.2. The predicted octanol–water partition coefficient (Wildman–Crippen LogP) is -2.88. The minimum atomic E-state index is -1.78. The van der Waals surface area contributed by atoms with Gasteiger partial charge in [0.1, 0.15) is 18.1 Å². The van der Waals surface area contributed by atoms with Crippen molar-refractivity contribution in [1.82, 2.24) is 34.3 Å². The Hall–Kier alpha value is -7.05. The third-order valence-electron chi connectivity index (χ3n) is 11.8. The molecule has 0 spiro atoms. The van der Waals surface area contributed by atoms with Crippen molar-refractivity contribution in [3.63, 3.8) is 0 Å². The molecule has 0 aliphatic carbocycles. The van der Waals surface area contributed by atoms with Crippen molar-refractivity contribution in [2.45, 2.75) is 102 Å². The monoisotopic (exact) mass is 1060 g/mol. The number of rotatable bonds is 33. The second kappa shape index (κ2) is 34.4. The molecule has 4 amide bonds. The third kappa shape index (κ3) is 26.1. The molecule has 0 aromatic rings. The Morgan fingerprint density at radius 2 is 0.568 bits per heavy atom. The number of hydrogen-bond acceptors (Lipinski definition) is 17. The van der Waals surface area contributed by atoms with Crippen LogP contribution in [0.1, 0.15) is 83.5 Å². The van der Waals surface area contributed by atoms with Gasteiger partial charge in [0.05, 0.1) is 39.3 Å². The summed E-state index contributed by atoms with van der Waals surface area (Å²) in [7, 11) is 0. The van der Waals surface area contributed by atoms with Gasteiger partial charge in [-0.15, -0.1) is 0 Å². The van der Waals surface area contributed by atoms with E-state index in [1.54, 1.807) is 0 Å². The van der Waals surface area contributed by atoms with E-state index in [2.05, 4.69) is 0 Å². The molecule has 11 N–H and O–H groups in total. The van der Waals surface area contributed by atoms with Crippen LogP contribution in [0.3, 0.4) is 0 Å². The van der Waals surface area contributed by atoms with Crippen LogP contribution in [0.2, 0.25) is 0 Å². The summed E-state index contributed by atoms with van der Waals surface area (Å²) in [5, 5.41) is 86.0. The molecule has 3 atom stereocenters.